The lowest BCUT2D eigenvalue weighted by Gasteiger charge is -2.15. The van der Waals surface area contributed by atoms with Gasteiger partial charge in [0.05, 0.1) is 0 Å². The van der Waals surface area contributed by atoms with Crippen LogP contribution in [-0.2, 0) is 6.42 Å². The Balaban J connectivity index is 1.73. The first-order valence-corrected chi connectivity index (χ1v) is 10.7. The van der Waals surface area contributed by atoms with E-state index in [1.165, 1.54) is 0 Å². The third kappa shape index (κ3) is 7.31. The van der Waals surface area contributed by atoms with Crippen molar-refractivity contribution >= 4 is 46.5 Å². The molecule has 0 aliphatic carbocycles. The van der Waals surface area contributed by atoms with E-state index in [0.29, 0.717) is 23.6 Å². The van der Waals surface area contributed by atoms with Crippen LogP contribution in [0.25, 0.3) is 0 Å². The minimum absolute atomic E-state index is 0.427. The summed E-state index contributed by atoms with van der Waals surface area (Å²) in [5, 5.41) is 10.6. The number of hydrogen-bond acceptors (Lipinski definition) is 4. The first kappa shape index (κ1) is 22.7. The molecule has 160 valence electrons. The van der Waals surface area contributed by atoms with Gasteiger partial charge in [-0.15, -0.1) is 0 Å². The molecule has 1 heterocycles. The average Bonchev–Trinajstić information content (AvgIpc) is 2.70. The van der Waals surface area contributed by atoms with Crippen molar-refractivity contribution < 1.29 is 0 Å². The number of nitrogens with one attached hydrogen (secondary N) is 3. The van der Waals surface area contributed by atoms with Crippen LogP contribution in [0.4, 0.5) is 11.6 Å². The van der Waals surface area contributed by atoms with Gasteiger partial charge in [0.15, 0.2) is 5.11 Å². The molecule has 3 N–H and O–H groups in total. The van der Waals surface area contributed by atoms with E-state index in [1.54, 1.807) is 0 Å². The van der Waals surface area contributed by atoms with E-state index < -0.39 is 0 Å². The number of aromatic nitrogens is 2. The summed E-state index contributed by atoms with van der Waals surface area (Å²) in [6.45, 7) is 6.42. The predicted molar refractivity (Wildman–Crippen MR) is 133 cm³/mol. The largest absolute Gasteiger partial charge is 0.332 e. The van der Waals surface area contributed by atoms with Crippen LogP contribution in [0.1, 0.15) is 22.5 Å². The molecule has 3 aromatic rings. The van der Waals surface area contributed by atoms with Gasteiger partial charge in [-0.25, -0.2) is 9.97 Å². The number of halogens is 1. The number of benzene rings is 2. The van der Waals surface area contributed by atoms with Crippen molar-refractivity contribution in [3.05, 3.63) is 82.1 Å². The van der Waals surface area contributed by atoms with Gasteiger partial charge < -0.3 is 10.6 Å². The molecule has 0 spiro atoms. The maximum atomic E-state index is 5.96. The van der Waals surface area contributed by atoms with E-state index in [2.05, 4.69) is 30.9 Å². The number of aryl methyl sites for hydroxylation is 3. The molecule has 0 aliphatic rings. The van der Waals surface area contributed by atoms with Crippen molar-refractivity contribution in [2.45, 2.75) is 27.2 Å². The second kappa shape index (κ2) is 10.8. The minimum Gasteiger partial charge on any atom is -0.332 e. The van der Waals surface area contributed by atoms with Crippen LogP contribution in [0.15, 0.2) is 59.6 Å². The zero-order valence-corrected chi connectivity index (χ0v) is 19.3. The summed E-state index contributed by atoms with van der Waals surface area (Å²) < 4.78 is 0. The highest BCUT2D eigenvalue weighted by atomic mass is 35.5. The zero-order valence-electron chi connectivity index (χ0n) is 17.7. The molecule has 1 aromatic heterocycles. The normalized spacial score (nSPS) is 11.2. The molecule has 0 saturated carbocycles. The third-order valence-electron chi connectivity index (χ3n) is 4.42. The van der Waals surface area contributed by atoms with Crippen LogP contribution >= 0.6 is 23.8 Å². The zero-order chi connectivity index (χ0) is 22.2. The van der Waals surface area contributed by atoms with Gasteiger partial charge >= 0.3 is 0 Å². The molecule has 6 nitrogen and oxygen atoms in total. The Labute approximate surface area is 193 Å². The van der Waals surface area contributed by atoms with Gasteiger partial charge in [0.2, 0.25) is 11.9 Å². The third-order valence-corrected chi connectivity index (χ3v) is 4.88. The molecule has 0 radical (unpaired) electrons. The Hall–Kier alpha value is -3.03. The maximum Gasteiger partial charge on any atom is 0.229 e. The molecule has 0 amide bonds. The summed E-state index contributed by atoms with van der Waals surface area (Å²) in [4.78, 5) is 13.5. The lowest BCUT2D eigenvalue weighted by atomic mass is 10.1. The summed E-state index contributed by atoms with van der Waals surface area (Å²) in [6, 6.07) is 17.6. The monoisotopic (exact) mass is 452 g/mol. The summed E-state index contributed by atoms with van der Waals surface area (Å²) in [5.74, 6) is 0.944. The van der Waals surface area contributed by atoms with Gasteiger partial charge in [0.1, 0.15) is 0 Å². The van der Waals surface area contributed by atoms with Gasteiger partial charge in [-0.1, -0.05) is 41.9 Å². The number of hydrogen-bond donors (Lipinski definition) is 3. The number of guanidine groups is 1. The van der Waals surface area contributed by atoms with E-state index in [-0.39, 0.29) is 0 Å². The minimum atomic E-state index is 0.427. The van der Waals surface area contributed by atoms with E-state index >= 15 is 0 Å². The molecule has 2 aromatic carbocycles. The molecule has 0 atom stereocenters. The van der Waals surface area contributed by atoms with E-state index in [9.17, 15) is 0 Å². The number of aliphatic imine (C=N–C) groups is 1. The van der Waals surface area contributed by atoms with Crippen LogP contribution in [0, 0.1) is 20.8 Å². The van der Waals surface area contributed by atoms with Crippen LogP contribution < -0.4 is 16.0 Å². The fourth-order valence-corrected chi connectivity index (χ4v) is 3.25. The standard InChI is InChI=1S/C23H25ClN6S/c1-15-6-4-5-7-20(15)28-23(31)30-21(29-22-26-16(2)14-17(3)27-22)25-13-12-18-8-10-19(24)11-9-18/h4-11,14H,12-13H2,1-3H3,(H3,25,26,27,28,29,30,31). The SMILES string of the molecule is Cc1cc(C)nc(NC(=NCCc2ccc(Cl)cc2)NC(=S)Nc2ccccc2C)n1. The number of thiocarbonyl (C=S) groups is 1. The van der Waals surface area contributed by atoms with Crippen molar-refractivity contribution in [2.75, 3.05) is 17.2 Å². The van der Waals surface area contributed by atoms with Crippen LogP contribution in [0.3, 0.4) is 0 Å². The van der Waals surface area contributed by atoms with Gasteiger partial charge in [-0.2, -0.15) is 0 Å². The summed E-state index contributed by atoms with van der Waals surface area (Å²) in [5.41, 5.74) is 4.92. The highest BCUT2D eigenvalue weighted by Gasteiger charge is 2.08. The highest BCUT2D eigenvalue weighted by molar-refractivity contribution is 7.80. The quantitative estimate of drug-likeness (QED) is 0.285. The Morgan fingerprint density at radius 3 is 2.32 bits per heavy atom. The highest BCUT2D eigenvalue weighted by Crippen LogP contribution is 2.13. The Kier molecular flexibility index (Phi) is 7.92. The molecular formula is C23H25ClN6S. The van der Waals surface area contributed by atoms with Crippen molar-refractivity contribution in [3.63, 3.8) is 0 Å². The fraction of sp³-hybridized carbons (Fsp3) is 0.217. The molecule has 0 aliphatic heterocycles. The van der Waals surface area contributed by atoms with Gasteiger partial charge in [0, 0.05) is 28.6 Å². The lowest BCUT2D eigenvalue weighted by molar-refractivity contribution is 0.956. The molecule has 0 bridgehead atoms. The van der Waals surface area contributed by atoms with Gasteiger partial charge in [-0.05, 0) is 74.8 Å². The second-order valence-corrected chi connectivity index (χ2v) is 7.94. The van der Waals surface area contributed by atoms with Crippen molar-refractivity contribution in [1.82, 2.24) is 15.3 Å². The van der Waals surface area contributed by atoms with Gasteiger partial charge in [-0.3, -0.25) is 10.3 Å². The molecule has 0 unspecified atom stereocenters. The number of rotatable bonds is 5. The molecular weight excluding hydrogens is 428 g/mol. The van der Waals surface area contributed by atoms with Crippen LogP contribution in [-0.4, -0.2) is 27.6 Å². The first-order chi connectivity index (χ1) is 14.9. The van der Waals surface area contributed by atoms with E-state index in [1.807, 2.05) is 75.4 Å². The van der Waals surface area contributed by atoms with Crippen molar-refractivity contribution in [1.29, 1.82) is 0 Å². The molecule has 3 rings (SSSR count). The van der Waals surface area contributed by atoms with E-state index in [4.69, 9.17) is 23.8 Å². The molecule has 8 heteroatoms. The van der Waals surface area contributed by atoms with Gasteiger partial charge in [0.25, 0.3) is 0 Å². The number of anilines is 2. The topological polar surface area (TPSA) is 74.2 Å². The Bertz CT molecular complexity index is 1060. The predicted octanol–water partition coefficient (Wildman–Crippen LogP) is 5.05. The number of para-hydroxylation sites is 1. The average molecular weight is 453 g/mol. The Morgan fingerprint density at radius 1 is 0.968 bits per heavy atom. The second-order valence-electron chi connectivity index (χ2n) is 7.10. The smallest absolute Gasteiger partial charge is 0.229 e. The molecule has 0 saturated heterocycles. The molecule has 31 heavy (non-hydrogen) atoms. The number of nitrogens with zero attached hydrogens (tertiary/aromatic N) is 3. The fourth-order valence-electron chi connectivity index (χ4n) is 2.92. The van der Waals surface area contributed by atoms with Crippen molar-refractivity contribution in [2.24, 2.45) is 4.99 Å². The van der Waals surface area contributed by atoms with E-state index in [0.717, 1.165) is 39.6 Å². The summed E-state index contributed by atoms with van der Waals surface area (Å²) in [6.07, 6.45) is 0.760. The first-order valence-electron chi connectivity index (χ1n) is 9.91. The van der Waals surface area contributed by atoms with Crippen LogP contribution in [0.2, 0.25) is 5.02 Å². The van der Waals surface area contributed by atoms with Crippen LogP contribution in [0.5, 0.6) is 0 Å². The molecule has 0 fully saturated rings. The lowest BCUT2D eigenvalue weighted by Crippen LogP contribution is -2.39. The Morgan fingerprint density at radius 2 is 1.65 bits per heavy atom. The summed E-state index contributed by atoms with van der Waals surface area (Å²) >= 11 is 11.5. The maximum absolute atomic E-state index is 5.96. The summed E-state index contributed by atoms with van der Waals surface area (Å²) in [7, 11) is 0. The van der Waals surface area contributed by atoms with Crippen molar-refractivity contribution in [3.8, 4) is 0 Å².